The molecule has 0 aliphatic rings. The molecule has 18 heavy (non-hydrogen) atoms. The standard InChI is InChI=1S/C14H17N3O/c1-4-18-10-5-6-11-12(9-16-2)14(8-15)17(3)13(11)7-10/h5-7,16H,4,9H2,1-3H3. The lowest BCUT2D eigenvalue weighted by Crippen LogP contribution is -2.06. The minimum absolute atomic E-state index is 0.643. The molecule has 0 radical (unpaired) electrons. The van der Waals surface area contributed by atoms with Crippen LogP contribution in [0.3, 0.4) is 0 Å². The second-order valence-corrected chi connectivity index (χ2v) is 4.14. The predicted molar refractivity (Wildman–Crippen MR) is 71.6 cm³/mol. The van der Waals surface area contributed by atoms with Crippen molar-refractivity contribution in [1.82, 2.24) is 9.88 Å². The van der Waals surface area contributed by atoms with Gasteiger partial charge in [0.2, 0.25) is 0 Å². The first-order valence-corrected chi connectivity index (χ1v) is 6.01. The predicted octanol–water partition coefficient (Wildman–Crippen LogP) is 2.17. The zero-order chi connectivity index (χ0) is 13.1. The summed E-state index contributed by atoms with van der Waals surface area (Å²) < 4.78 is 7.42. The van der Waals surface area contributed by atoms with Gasteiger partial charge in [-0.25, -0.2) is 0 Å². The average Bonchev–Trinajstić information content (AvgIpc) is 2.63. The molecule has 2 rings (SSSR count). The molecule has 0 saturated carbocycles. The van der Waals surface area contributed by atoms with Gasteiger partial charge in [0.1, 0.15) is 17.5 Å². The van der Waals surface area contributed by atoms with Gasteiger partial charge in [0, 0.05) is 30.6 Å². The Morgan fingerprint density at radius 3 is 2.83 bits per heavy atom. The minimum atomic E-state index is 0.643. The summed E-state index contributed by atoms with van der Waals surface area (Å²) in [5, 5.41) is 13.5. The lowest BCUT2D eigenvalue weighted by atomic mass is 10.1. The molecule has 4 nitrogen and oxygen atoms in total. The molecule has 0 unspecified atom stereocenters. The summed E-state index contributed by atoms with van der Waals surface area (Å²) in [6, 6.07) is 8.23. The zero-order valence-electron chi connectivity index (χ0n) is 10.9. The lowest BCUT2D eigenvalue weighted by molar-refractivity contribution is 0.340. The van der Waals surface area contributed by atoms with E-state index in [1.165, 1.54) is 0 Å². The molecule has 94 valence electrons. The first kappa shape index (κ1) is 12.5. The first-order valence-electron chi connectivity index (χ1n) is 6.01. The van der Waals surface area contributed by atoms with Crippen molar-refractivity contribution in [3.8, 4) is 11.8 Å². The van der Waals surface area contributed by atoms with Crippen molar-refractivity contribution in [2.75, 3.05) is 13.7 Å². The van der Waals surface area contributed by atoms with E-state index in [0.717, 1.165) is 22.2 Å². The number of ether oxygens (including phenoxy) is 1. The molecule has 0 amide bonds. The number of benzene rings is 1. The smallest absolute Gasteiger partial charge is 0.125 e. The third-order valence-corrected chi connectivity index (χ3v) is 3.05. The topological polar surface area (TPSA) is 50.0 Å². The van der Waals surface area contributed by atoms with E-state index in [9.17, 15) is 5.26 Å². The van der Waals surface area contributed by atoms with Crippen LogP contribution in [0.5, 0.6) is 5.75 Å². The first-order chi connectivity index (χ1) is 8.72. The van der Waals surface area contributed by atoms with Crippen LogP contribution in [0.25, 0.3) is 10.9 Å². The Kier molecular flexibility index (Phi) is 3.54. The maximum absolute atomic E-state index is 9.27. The maximum atomic E-state index is 9.27. The van der Waals surface area contributed by atoms with E-state index >= 15 is 0 Å². The Morgan fingerprint density at radius 1 is 1.44 bits per heavy atom. The summed E-state index contributed by atoms with van der Waals surface area (Å²) in [6.07, 6.45) is 0. The molecule has 1 aromatic carbocycles. The maximum Gasteiger partial charge on any atom is 0.125 e. The number of rotatable bonds is 4. The molecule has 0 aliphatic heterocycles. The highest BCUT2D eigenvalue weighted by molar-refractivity contribution is 5.87. The van der Waals surface area contributed by atoms with Crippen LogP contribution in [0.1, 0.15) is 18.2 Å². The highest BCUT2D eigenvalue weighted by atomic mass is 16.5. The number of aryl methyl sites for hydroxylation is 1. The summed E-state index contributed by atoms with van der Waals surface area (Å²) in [5.41, 5.74) is 2.77. The monoisotopic (exact) mass is 243 g/mol. The zero-order valence-corrected chi connectivity index (χ0v) is 10.9. The van der Waals surface area contributed by atoms with Crippen molar-refractivity contribution < 1.29 is 4.74 Å². The Labute approximate surface area is 107 Å². The fourth-order valence-electron chi connectivity index (χ4n) is 2.25. The van der Waals surface area contributed by atoms with Gasteiger partial charge >= 0.3 is 0 Å². The van der Waals surface area contributed by atoms with Crippen LogP contribution in [-0.2, 0) is 13.6 Å². The molecule has 4 heteroatoms. The normalized spacial score (nSPS) is 10.6. The van der Waals surface area contributed by atoms with Gasteiger partial charge in [-0.15, -0.1) is 0 Å². The number of hydrogen-bond acceptors (Lipinski definition) is 3. The number of nitrogens with one attached hydrogen (secondary N) is 1. The fraction of sp³-hybridized carbons (Fsp3) is 0.357. The van der Waals surface area contributed by atoms with Gasteiger partial charge in [0.15, 0.2) is 0 Å². The van der Waals surface area contributed by atoms with E-state index in [4.69, 9.17) is 4.74 Å². The third kappa shape index (κ3) is 1.93. The summed E-state index contributed by atoms with van der Waals surface area (Å²) in [4.78, 5) is 0. The quantitative estimate of drug-likeness (QED) is 0.895. The SMILES string of the molecule is CCOc1ccc2c(CNC)c(C#N)n(C)c2c1. The van der Waals surface area contributed by atoms with Crippen molar-refractivity contribution in [1.29, 1.82) is 5.26 Å². The Hall–Kier alpha value is -1.99. The second-order valence-electron chi connectivity index (χ2n) is 4.14. The van der Waals surface area contributed by atoms with Gasteiger partial charge in [-0.3, -0.25) is 0 Å². The molecule has 0 saturated heterocycles. The molecule has 1 N–H and O–H groups in total. The molecular weight excluding hydrogens is 226 g/mol. The Bertz CT molecular complexity index is 608. The Balaban J connectivity index is 2.66. The van der Waals surface area contributed by atoms with Gasteiger partial charge < -0.3 is 14.6 Å². The van der Waals surface area contributed by atoms with E-state index in [0.29, 0.717) is 18.8 Å². The lowest BCUT2D eigenvalue weighted by Gasteiger charge is -2.04. The molecular formula is C14H17N3O. The van der Waals surface area contributed by atoms with Crippen LogP contribution >= 0.6 is 0 Å². The van der Waals surface area contributed by atoms with Crippen LogP contribution in [-0.4, -0.2) is 18.2 Å². The van der Waals surface area contributed by atoms with Crippen LogP contribution in [0.4, 0.5) is 0 Å². The second kappa shape index (κ2) is 5.11. The van der Waals surface area contributed by atoms with Gasteiger partial charge in [0.05, 0.1) is 12.1 Å². The van der Waals surface area contributed by atoms with E-state index in [1.807, 2.05) is 43.8 Å². The van der Waals surface area contributed by atoms with Gasteiger partial charge in [-0.05, 0) is 26.1 Å². The summed E-state index contributed by atoms with van der Waals surface area (Å²) in [5.74, 6) is 0.839. The fourth-order valence-corrected chi connectivity index (χ4v) is 2.25. The van der Waals surface area contributed by atoms with Crippen LogP contribution in [0, 0.1) is 11.3 Å². The van der Waals surface area contributed by atoms with E-state index in [2.05, 4.69) is 11.4 Å². The largest absolute Gasteiger partial charge is 0.494 e. The summed E-state index contributed by atoms with van der Waals surface area (Å²) in [7, 11) is 3.80. The molecule has 0 atom stereocenters. The highest BCUT2D eigenvalue weighted by Gasteiger charge is 2.14. The number of hydrogen-bond donors (Lipinski definition) is 1. The van der Waals surface area contributed by atoms with E-state index in [1.54, 1.807) is 0 Å². The van der Waals surface area contributed by atoms with Crippen molar-refractivity contribution in [2.24, 2.45) is 7.05 Å². The summed E-state index contributed by atoms with van der Waals surface area (Å²) in [6.45, 7) is 3.29. The molecule has 0 aliphatic carbocycles. The van der Waals surface area contributed by atoms with E-state index in [-0.39, 0.29) is 0 Å². The number of aromatic nitrogens is 1. The van der Waals surface area contributed by atoms with Crippen LogP contribution in [0.15, 0.2) is 18.2 Å². The molecule has 1 heterocycles. The van der Waals surface area contributed by atoms with Crippen molar-refractivity contribution in [3.05, 3.63) is 29.5 Å². The van der Waals surface area contributed by atoms with Crippen molar-refractivity contribution in [2.45, 2.75) is 13.5 Å². The number of nitrogens with zero attached hydrogens (tertiary/aromatic N) is 2. The van der Waals surface area contributed by atoms with Crippen molar-refractivity contribution in [3.63, 3.8) is 0 Å². The molecule has 0 bridgehead atoms. The molecule has 2 aromatic rings. The van der Waals surface area contributed by atoms with Crippen LogP contribution in [0.2, 0.25) is 0 Å². The Morgan fingerprint density at radius 2 is 2.22 bits per heavy atom. The molecule has 0 spiro atoms. The van der Waals surface area contributed by atoms with Gasteiger partial charge in [-0.2, -0.15) is 5.26 Å². The third-order valence-electron chi connectivity index (χ3n) is 3.05. The van der Waals surface area contributed by atoms with Crippen molar-refractivity contribution >= 4 is 10.9 Å². The molecule has 0 fully saturated rings. The molecule has 1 aromatic heterocycles. The van der Waals surface area contributed by atoms with Gasteiger partial charge in [-0.1, -0.05) is 0 Å². The number of fused-ring (bicyclic) bond motifs is 1. The van der Waals surface area contributed by atoms with E-state index < -0.39 is 0 Å². The van der Waals surface area contributed by atoms with Gasteiger partial charge in [0.25, 0.3) is 0 Å². The number of nitriles is 1. The highest BCUT2D eigenvalue weighted by Crippen LogP contribution is 2.28. The summed E-state index contributed by atoms with van der Waals surface area (Å²) >= 11 is 0. The van der Waals surface area contributed by atoms with Crippen LogP contribution < -0.4 is 10.1 Å². The minimum Gasteiger partial charge on any atom is -0.494 e. The average molecular weight is 243 g/mol.